The van der Waals surface area contributed by atoms with Crippen molar-refractivity contribution >= 4 is 23.4 Å². The lowest BCUT2D eigenvalue weighted by Crippen LogP contribution is -2.37. The molecule has 140 valence electrons. The molecule has 1 saturated heterocycles. The number of anilines is 1. The van der Waals surface area contributed by atoms with Gasteiger partial charge in [0.1, 0.15) is 6.04 Å². The van der Waals surface area contributed by atoms with Crippen LogP contribution >= 0.6 is 0 Å². The maximum absolute atomic E-state index is 13.8. The summed E-state index contributed by atoms with van der Waals surface area (Å²) in [7, 11) is 1.32. The summed E-state index contributed by atoms with van der Waals surface area (Å²) < 4.78 is 18.6. The van der Waals surface area contributed by atoms with Gasteiger partial charge in [-0.05, 0) is 44.2 Å². The van der Waals surface area contributed by atoms with Crippen LogP contribution in [0.4, 0.5) is 14.9 Å². The number of aryl methyl sites for hydroxylation is 1. The maximum Gasteiger partial charge on any atom is 0.332 e. The monoisotopic (exact) mass is 370 g/mol. The van der Waals surface area contributed by atoms with Crippen LogP contribution in [0.2, 0.25) is 0 Å². The van der Waals surface area contributed by atoms with Crippen LogP contribution in [0.1, 0.15) is 22.8 Å². The van der Waals surface area contributed by atoms with E-state index in [1.165, 1.54) is 24.1 Å². The lowest BCUT2D eigenvalue weighted by molar-refractivity contribution is -0.126. The predicted molar refractivity (Wildman–Crippen MR) is 97.5 cm³/mol. The van der Waals surface area contributed by atoms with E-state index in [1.54, 1.807) is 19.1 Å². The van der Waals surface area contributed by atoms with E-state index < -0.39 is 36.1 Å². The second-order valence-corrected chi connectivity index (χ2v) is 6.36. The van der Waals surface area contributed by atoms with E-state index in [1.807, 2.05) is 19.1 Å². The Hall–Kier alpha value is -3.22. The summed E-state index contributed by atoms with van der Waals surface area (Å²) in [4.78, 5) is 40.0. The number of imide groups is 1. The molecule has 0 bridgehead atoms. The standard InChI is InChI=1S/C20H19FN2O4/c1-12-4-7-15(8-5-12)23-13(2)19(25)22(20(23)26)11-17(24)14-6-9-18(27-3)16(21)10-14/h4-10,13H,11H2,1-3H3/t13-/m0/s1. The third kappa shape index (κ3) is 3.40. The number of Topliss-reactive ketones (excluding diaryl/α,β-unsaturated/α-hetero) is 1. The number of methoxy groups -OCH3 is 1. The van der Waals surface area contributed by atoms with Gasteiger partial charge in [0.05, 0.1) is 13.7 Å². The average molecular weight is 370 g/mol. The molecule has 1 aliphatic rings. The highest BCUT2D eigenvalue weighted by atomic mass is 19.1. The van der Waals surface area contributed by atoms with Crippen LogP contribution < -0.4 is 9.64 Å². The van der Waals surface area contributed by atoms with Gasteiger partial charge >= 0.3 is 6.03 Å². The second-order valence-electron chi connectivity index (χ2n) is 6.36. The molecule has 0 saturated carbocycles. The number of rotatable bonds is 5. The Bertz CT molecular complexity index is 911. The van der Waals surface area contributed by atoms with Gasteiger partial charge in [0.15, 0.2) is 17.3 Å². The lowest BCUT2D eigenvalue weighted by Gasteiger charge is -2.19. The van der Waals surface area contributed by atoms with E-state index in [0.717, 1.165) is 16.5 Å². The van der Waals surface area contributed by atoms with Gasteiger partial charge in [0.2, 0.25) is 0 Å². The molecule has 1 atom stereocenters. The summed E-state index contributed by atoms with van der Waals surface area (Å²) >= 11 is 0. The molecule has 0 aliphatic carbocycles. The van der Waals surface area contributed by atoms with Crippen molar-refractivity contribution in [2.24, 2.45) is 0 Å². The molecule has 0 aromatic heterocycles. The molecule has 27 heavy (non-hydrogen) atoms. The molecule has 0 spiro atoms. The molecular weight excluding hydrogens is 351 g/mol. The van der Waals surface area contributed by atoms with E-state index in [0.29, 0.717) is 5.69 Å². The van der Waals surface area contributed by atoms with Crippen molar-refractivity contribution in [3.05, 3.63) is 59.4 Å². The van der Waals surface area contributed by atoms with Crippen LogP contribution in [0.3, 0.4) is 0 Å². The SMILES string of the molecule is COc1ccc(C(=O)CN2C(=O)[C@H](C)N(c3ccc(C)cc3)C2=O)cc1F. The van der Waals surface area contributed by atoms with Crippen LogP contribution in [-0.2, 0) is 4.79 Å². The number of urea groups is 1. The Morgan fingerprint density at radius 3 is 2.41 bits per heavy atom. The first-order valence-electron chi connectivity index (χ1n) is 8.41. The fraction of sp³-hybridized carbons (Fsp3) is 0.250. The number of benzene rings is 2. The van der Waals surface area contributed by atoms with Gasteiger partial charge in [-0.25, -0.2) is 9.18 Å². The number of ketones is 1. The highest BCUT2D eigenvalue weighted by molar-refractivity contribution is 6.16. The zero-order valence-corrected chi connectivity index (χ0v) is 15.2. The molecule has 6 nitrogen and oxygen atoms in total. The first-order chi connectivity index (χ1) is 12.8. The molecule has 3 rings (SSSR count). The number of hydrogen-bond acceptors (Lipinski definition) is 4. The van der Waals surface area contributed by atoms with Crippen molar-refractivity contribution in [1.29, 1.82) is 0 Å². The molecular formula is C20H19FN2O4. The summed E-state index contributed by atoms with van der Waals surface area (Å²) in [5.74, 6) is -1.67. The summed E-state index contributed by atoms with van der Waals surface area (Å²) in [6.45, 7) is 3.08. The minimum Gasteiger partial charge on any atom is -0.494 e. The third-order valence-electron chi connectivity index (χ3n) is 4.54. The second kappa shape index (κ2) is 7.19. The van der Waals surface area contributed by atoms with Crippen molar-refractivity contribution in [2.45, 2.75) is 19.9 Å². The van der Waals surface area contributed by atoms with Crippen LogP contribution in [-0.4, -0.2) is 42.3 Å². The Morgan fingerprint density at radius 1 is 1.15 bits per heavy atom. The molecule has 0 unspecified atom stereocenters. The topological polar surface area (TPSA) is 66.9 Å². The Labute approximate surface area is 156 Å². The smallest absolute Gasteiger partial charge is 0.332 e. The molecule has 1 fully saturated rings. The Kier molecular flexibility index (Phi) is 4.94. The summed E-state index contributed by atoms with van der Waals surface area (Å²) in [6.07, 6.45) is 0. The van der Waals surface area contributed by atoms with E-state index in [-0.39, 0.29) is 11.3 Å². The van der Waals surface area contributed by atoms with Crippen LogP contribution in [0.5, 0.6) is 5.75 Å². The Balaban J connectivity index is 1.81. The molecule has 1 aliphatic heterocycles. The van der Waals surface area contributed by atoms with Crippen molar-refractivity contribution in [2.75, 3.05) is 18.6 Å². The van der Waals surface area contributed by atoms with Crippen LogP contribution in [0.25, 0.3) is 0 Å². The van der Waals surface area contributed by atoms with Crippen LogP contribution in [0.15, 0.2) is 42.5 Å². The fourth-order valence-corrected chi connectivity index (χ4v) is 2.99. The minimum absolute atomic E-state index is 0.0130. The normalized spacial score (nSPS) is 16.8. The molecule has 7 heteroatoms. The van der Waals surface area contributed by atoms with Gasteiger partial charge in [-0.3, -0.25) is 19.4 Å². The minimum atomic E-state index is -0.722. The number of nitrogens with zero attached hydrogens (tertiary/aromatic N) is 2. The van der Waals surface area contributed by atoms with E-state index in [4.69, 9.17) is 4.74 Å². The van der Waals surface area contributed by atoms with Crippen molar-refractivity contribution in [1.82, 2.24) is 4.90 Å². The van der Waals surface area contributed by atoms with Gasteiger partial charge in [-0.15, -0.1) is 0 Å². The zero-order valence-electron chi connectivity index (χ0n) is 15.2. The van der Waals surface area contributed by atoms with E-state index in [2.05, 4.69) is 0 Å². The van der Waals surface area contributed by atoms with E-state index >= 15 is 0 Å². The number of halogens is 1. The van der Waals surface area contributed by atoms with E-state index in [9.17, 15) is 18.8 Å². The van der Waals surface area contributed by atoms with Gasteiger partial charge < -0.3 is 4.74 Å². The number of hydrogen-bond donors (Lipinski definition) is 0. The van der Waals surface area contributed by atoms with Gasteiger partial charge in [-0.1, -0.05) is 17.7 Å². The highest BCUT2D eigenvalue weighted by Gasteiger charge is 2.44. The molecule has 1 heterocycles. The first kappa shape index (κ1) is 18.6. The molecule has 2 aromatic rings. The number of carbonyl (C=O) groups excluding carboxylic acids is 3. The zero-order chi connectivity index (χ0) is 19.7. The number of ether oxygens (including phenoxy) is 1. The maximum atomic E-state index is 13.8. The quantitative estimate of drug-likeness (QED) is 0.599. The first-order valence-corrected chi connectivity index (χ1v) is 8.41. The average Bonchev–Trinajstić information content (AvgIpc) is 2.86. The van der Waals surface area contributed by atoms with Crippen molar-refractivity contribution in [3.63, 3.8) is 0 Å². The van der Waals surface area contributed by atoms with Crippen molar-refractivity contribution < 1.29 is 23.5 Å². The molecule has 0 radical (unpaired) electrons. The molecule has 3 amide bonds. The van der Waals surface area contributed by atoms with Crippen LogP contribution in [0, 0.1) is 12.7 Å². The third-order valence-corrected chi connectivity index (χ3v) is 4.54. The summed E-state index contributed by atoms with van der Waals surface area (Å²) in [5, 5.41) is 0. The summed E-state index contributed by atoms with van der Waals surface area (Å²) in [5.41, 5.74) is 1.67. The molecule has 0 N–H and O–H groups in total. The highest BCUT2D eigenvalue weighted by Crippen LogP contribution is 2.26. The predicted octanol–water partition coefficient (Wildman–Crippen LogP) is 3.18. The Morgan fingerprint density at radius 2 is 1.81 bits per heavy atom. The summed E-state index contributed by atoms with van der Waals surface area (Å²) in [6, 6.07) is 9.66. The fourth-order valence-electron chi connectivity index (χ4n) is 2.99. The van der Waals surface area contributed by atoms with Gasteiger partial charge in [-0.2, -0.15) is 0 Å². The lowest BCUT2D eigenvalue weighted by atomic mass is 10.1. The number of amides is 3. The van der Waals surface area contributed by atoms with Gasteiger partial charge in [0, 0.05) is 11.3 Å². The van der Waals surface area contributed by atoms with Crippen molar-refractivity contribution in [3.8, 4) is 5.75 Å². The molecule has 2 aromatic carbocycles. The largest absolute Gasteiger partial charge is 0.494 e. The number of carbonyl (C=O) groups is 3. The van der Waals surface area contributed by atoms with Gasteiger partial charge in [0.25, 0.3) is 5.91 Å².